The Labute approximate surface area is 107 Å². The Morgan fingerprint density at radius 1 is 1.06 bits per heavy atom. The zero-order valence-electron chi connectivity index (χ0n) is 10.7. The van der Waals surface area contributed by atoms with E-state index < -0.39 is 0 Å². The van der Waals surface area contributed by atoms with Crippen molar-refractivity contribution in [2.75, 3.05) is 24.6 Å². The quantitative estimate of drug-likeness (QED) is 0.494. The first-order chi connectivity index (χ1) is 7.54. The zero-order chi connectivity index (χ0) is 12.4. The third kappa shape index (κ3) is 10.6. The smallest absolute Gasteiger partial charge is 0.222 e. The first-order valence-electron chi connectivity index (χ1n) is 5.79. The molecule has 0 unspecified atom stereocenters. The van der Waals surface area contributed by atoms with Crippen molar-refractivity contribution in [2.24, 2.45) is 5.92 Å². The number of hydrogen-bond acceptors (Lipinski definition) is 4. The second-order valence-corrected chi connectivity index (χ2v) is 6.90. The van der Waals surface area contributed by atoms with Crippen LogP contribution in [0.15, 0.2) is 0 Å². The molecule has 0 aromatic rings. The van der Waals surface area contributed by atoms with Crippen molar-refractivity contribution in [3.8, 4) is 0 Å². The molecule has 0 aliphatic heterocycles. The first-order valence-corrected chi connectivity index (χ1v) is 8.28. The van der Waals surface area contributed by atoms with Gasteiger partial charge in [0.2, 0.25) is 5.91 Å². The second kappa shape index (κ2) is 10.3. The van der Waals surface area contributed by atoms with Gasteiger partial charge in [0.15, 0.2) is 0 Å². The summed E-state index contributed by atoms with van der Waals surface area (Å²) in [6.45, 7) is 9.95. The molecule has 0 radical (unpaired) electrons. The van der Waals surface area contributed by atoms with Crippen molar-refractivity contribution in [3.63, 3.8) is 0 Å². The van der Waals surface area contributed by atoms with Crippen LogP contribution in [0.4, 0.5) is 0 Å². The molecule has 0 heterocycles. The SMILES string of the molecule is CC(C)NCCSSCCNC(=O)C(C)C. The standard InChI is InChI=1S/C11H24N2OS2/c1-9(2)11(14)13-6-8-16-15-7-5-12-10(3)4/h9-10,12H,5-8H2,1-4H3,(H,13,14). The summed E-state index contributed by atoms with van der Waals surface area (Å²) in [4.78, 5) is 11.2. The van der Waals surface area contributed by atoms with E-state index in [0.29, 0.717) is 6.04 Å². The lowest BCUT2D eigenvalue weighted by atomic mass is 10.2. The van der Waals surface area contributed by atoms with E-state index >= 15 is 0 Å². The van der Waals surface area contributed by atoms with E-state index in [4.69, 9.17) is 0 Å². The molecule has 16 heavy (non-hydrogen) atoms. The highest BCUT2D eigenvalue weighted by Crippen LogP contribution is 2.19. The molecule has 96 valence electrons. The van der Waals surface area contributed by atoms with Crippen molar-refractivity contribution in [1.29, 1.82) is 0 Å². The molecule has 0 saturated heterocycles. The monoisotopic (exact) mass is 264 g/mol. The fourth-order valence-electron chi connectivity index (χ4n) is 0.927. The average Bonchev–Trinajstić information content (AvgIpc) is 2.21. The van der Waals surface area contributed by atoms with Crippen LogP contribution in [0.1, 0.15) is 27.7 Å². The van der Waals surface area contributed by atoms with Crippen molar-refractivity contribution < 1.29 is 4.79 Å². The largest absolute Gasteiger partial charge is 0.355 e. The zero-order valence-corrected chi connectivity index (χ0v) is 12.3. The van der Waals surface area contributed by atoms with Crippen molar-refractivity contribution in [3.05, 3.63) is 0 Å². The van der Waals surface area contributed by atoms with Crippen molar-refractivity contribution in [2.45, 2.75) is 33.7 Å². The molecule has 0 saturated carbocycles. The molecular formula is C11H24N2OS2. The summed E-state index contributed by atoms with van der Waals surface area (Å²) in [6, 6.07) is 0.566. The maximum absolute atomic E-state index is 11.2. The van der Waals surface area contributed by atoms with Crippen LogP contribution < -0.4 is 10.6 Å². The summed E-state index contributed by atoms with van der Waals surface area (Å²) < 4.78 is 0. The molecule has 0 rings (SSSR count). The molecule has 5 heteroatoms. The molecule has 3 nitrogen and oxygen atoms in total. The van der Waals surface area contributed by atoms with Gasteiger partial charge in [0.05, 0.1) is 0 Å². The van der Waals surface area contributed by atoms with Gasteiger partial charge in [0.1, 0.15) is 0 Å². The number of nitrogens with one attached hydrogen (secondary N) is 2. The van der Waals surface area contributed by atoms with Crippen LogP contribution in [-0.4, -0.2) is 36.5 Å². The molecule has 0 bridgehead atoms. The third-order valence-electron chi connectivity index (χ3n) is 1.83. The van der Waals surface area contributed by atoms with Gasteiger partial charge in [-0.15, -0.1) is 0 Å². The van der Waals surface area contributed by atoms with E-state index in [0.717, 1.165) is 24.6 Å². The normalized spacial score (nSPS) is 11.1. The van der Waals surface area contributed by atoms with E-state index in [-0.39, 0.29) is 11.8 Å². The van der Waals surface area contributed by atoms with E-state index in [1.165, 1.54) is 0 Å². The van der Waals surface area contributed by atoms with Crippen LogP contribution in [0.25, 0.3) is 0 Å². The van der Waals surface area contributed by atoms with Gasteiger partial charge in [-0.1, -0.05) is 49.3 Å². The summed E-state index contributed by atoms with van der Waals surface area (Å²) in [5.41, 5.74) is 0. The molecule has 0 fully saturated rings. The van der Waals surface area contributed by atoms with Gasteiger partial charge in [-0.05, 0) is 0 Å². The first kappa shape index (κ1) is 16.1. The van der Waals surface area contributed by atoms with Crippen LogP contribution in [0, 0.1) is 5.92 Å². The maximum Gasteiger partial charge on any atom is 0.222 e. The second-order valence-electron chi connectivity index (χ2n) is 4.20. The molecule has 0 aromatic carbocycles. The Morgan fingerprint density at radius 3 is 2.12 bits per heavy atom. The summed E-state index contributed by atoms with van der Waals surface area (Å²) in [6.07, 6.45) is 0. The lowest BCUT2D eigenvalue weighted by Crippen LogP contribution is -2.29. The molecule has 0 spiro atoms. The lowest BCUT2D eigenvalue weighted by Gasteiger charge is -2.08. The highest BCUT2D eigenvalue weighted by Gasteiger charge is 2.04. The number of carbonyl (C=O) groups is 1. The number of rotatable bonds is 9. The Kier molecular flexibility index (Phi) is 10.4. The molecular weight excluding hydrogens is 240 g/mol. The fraction of sp³-hybridized carbons (Fsp3) is 0.909. The minimum absolute atomic E-state index is 0.0906. The minimum atomic E-state index is 0.0906. The highest BCUT2D eigenvalue weighted by atomic mass is 33.1. The van der Waals surface area contributed by atoms with Crippen LogP contribution in [0.3, 0.4) is 0 Å². The molecule has 0 atom stereocenters. The predicted molar refractivity (Wildman–Crippen MR) is 75.9 cm³/mol. The van der Waals surface area contributed by atoms with Crippen LogP contribution >= 0.6 is 21.6 Å². The van der Waals surface area contributed by atoms with E-state index in [1.54, 1.807) is 0 Å². The Balaban J connectivity index is 3.13. The Hall–Kier alpha value is 0.130. The summed E-state index contributed by atoms with van der Waals surface area (Å²) in [7, 11) is 3.68. The van der Waals surface area contributed by atoms with Crippen molar-refractivity contribution >= 4 is 27.5 Å². The van der Waals surface area contributed by atoms with Gasteiger partial charge in [-0.3, -0.25) is 4.79 Å². The number of hydrogen-bond donors (Lipinski definition) is 2. The van der Waals surface area contributed by atoms with E-state index in [9.17, 15) is 4.79 Å². The predicted octanol–water partition coefficient (Wildman–Crippen LogP) is 2.14. The number of amides is 1. The molecule has 1 amide bonds. The van der Waals surface area contributed by atoms with Gasteiger partial charge in [-0.25, -0.2) is 0 Å². The Morgan fingerprint density at radius 2 is 1.62 bits per heavy atom. The lowest BCUT2D eigenvalue weighted by molar-refractivity contribution is -0.123. The van der Waals surface area contributed by atoms with Gasteiger partial charge >= 0.3 is 0 Å². The van der Waals surface area contributed by atoms with Gasteiger partial charge < -0.3 is 10.6 Å². The fourth-order valence-corrected chi connectivity index (χ4v) is 2.76. The van der Waals surface area contributed by atoms with Gasteiger partial charge in [0, 0.05) is 36.6 Å². The average molecular weight is 264 g/mol. The van der Waals surface area contributed by atoms with E-state index in [2.05, 4.69) is 24.5 Å². The van der Waals surface area contributed by atoms with E-state index in [1.807, 2.05) is 35.4 Å². The van der Waals surface area contributed by atoms with Crippen LogP contribution in [0.2, 0.25) is 0 Å². The van der Waals surface area contributed by atoms with Gasteiger partial charge in [0.25, 0.3) is 0 Å². The minimum Gasteiger partial charge on any atom is -0.355 e. The maximum atomic E-state index is 11.2. The third-order valence-corrected chi connectivity index (χ3v) is 4.24. The topological polar surface area (TPSA) is 41.1 Å². The molecule has 0 aliphatic carbocycles. The summed E-state index contributed by atoms with van der Waals surface area (Å²) in [5, 5.41) is 6.27. The molecule has 0 aromatic heterocycles. The summed E-state index contributed by atoms with van der Waals surface area (Å²) in [5.74, 6) is 2.33. The Bertz CT molecular complexity index is 187. The van der Waals surface area contributed by atoms with Gasteiger partial charge in [-0.2, -0.15) is 0 Å². The highest BCUT2D eigenvalue weighted by molar-refractivity contribution is 8.76. The number of carbonyl (C=O) groups excluding carboxylic acids is 1. The molecule has 0 aliphatic rings. The van der Waals surface area contributed by atoms with Crippen LogP contribution in [0.5, 0.6) is 0 Å². The molecule has 2 N–H and O–H groups in total. The summed E-state index contributed by atoms with van der Waals surface area (Å²) >= 11 is 0. The van der Waals surface area contributed by atoms with Crippen molar-refractivity contribution in [1.82, 2.24) is 10.6 Å². The van der Waals surface area contributed by atoms with Crippen LogP contribution in [-0.2, 0) is 4.79 Å².